The van der Waals surface area contributed by atoms with Gasteiger partial charge in [0.1, 0.15) is 5.75 Å². The third-order valence-corrected chi connectivity index (χ3v) is 4.68. The Hall–Kier alpha value is -1.79. The zero-order chi connectivity index (χ0) is 16.9. The molecular formula is C18H26ClN3O3. The molecule has 1 aromatic carbocycles. The highest BCUT2D eigenvalue weighted by Gasteiger charge is 2.23. The van der Waals surface area contributed by atoms with Crippen LogP contribution in [0.15, 0.2) is 24.3 Å². The first-order valence-electron chi connectivity index (χ1n) is 8.69. The van der Waals surface area contributed by atoms with Crippen LogP contribution in [0.4, 0.5) is 5.69 Å². The Bertz CT molecular complexity index is 611. The topological polar surface area (TPSA) is 70.7 Å². The number of amides is 2. The van der Waals surface area contributed by atoms with E-state index in [1.807, 2.05) is 24.3 Å². The summed E-state index contributed by atoms with van der Waals surface area (Å²) in [5, 5.41) is 6.39. The molecule has 2 fully saturated rings. The summed E-state index contributed by atoms with van der Waals surface area (Å²) in [4.78, 5) is 25.7. The van der Waals surface area contributed by atoms with E-state index in [0.717, 1.165) is 38.0 Å². The molecule has 0 saturated carbocycles. The van der Waals surface area contributed by atoms with Crippen LogP contribution in [0.3, 0.4) is 0 Å². The van der Waals surface area contributed by atoms with Gasteiger partial charge in [-0.05, 0) is 44.9 Å². The average Bonchev–Trinajstić information content (AvgIpc) is 3.01. The molecular weight excluding hydrogens is 342 g/mol. The van der Waals surface area contributed by atoms with E-state index in [1.165, 1.54) is 0 Å². The van der Waals surface area contributed by atoms with Gasteiger partial charge in [0, 0.05) is 36.8 Å². The fourth-order valence-electron chi connectivity index (χ4n) is 3.30. The van der Waals surface area contributed by atoms with Crippen molar-refractivity contribution in [3.63, 3.8) is 0 Å². The van der Waals surface area contributed by atoms with Gasteiger partial charge in [-0.3, -0.25) is 9.59 Å². The summed E-state index contributed by atoms with van der Waals surface area (Å²) in [6, 6.07) is 7.81. The molecule has 2 aliphatic rings. The van der Waals surface area contributed by atoms with E-state index < -0.39 is 0 Å². The van der Waals surface area contributed by atoms with E-state index in [-0.39, 0.29) is 42.9 Å². The molecule has 0 bridgehead atoms. The number of hydrogen-bond donors (Lipinski definition) is 2. The minimum Gasteiger partial charge on any atom is -0.484 e. The molecule has 0 radical (unpaired) electrons. The molecule has 2 N–H and O–H groups in total. The second-order valence-electron chi connectivity index (χ2n) is 6.49. The number of nitrogens with one attached hydrogen (secondary N) is 2. The van der Waals surface area contributed by atoms with Crippen molar-refractivity contribution in [3.8, 4) is 5.75 Å². The van der Waals surface area contributed by atoms with Gasteiger partial charge in [0.2, 0.25) is 5.91 Å². The quantitative estimate of drug-likeness (QED) is 0.833. The number of anilines is 1. The van der Waals surface area contributed by atoms with Gasteiger partial charge in [0.15, 0.2) is 6.61 Å². The lowest BCUT2D eigenvalue weighted by molar-refractivity contribution is -0.124. The Balaban J connectivity index is 0.00000225. The van der Waals surface area contributed by atoms with Crippen LogP contribution in [0.25, 0.3) is 0 Å². The van der Waals surface area contributed by atoms with Crippen molar-refractivity contribution in [2.24, 2.45) is 0 Å². The lowest BCUT2D eigenvalue weighted by Gasteiger charge is -2.30. The molecule has 2 heterocycles. The molecule has 0 aliphatic carbocycles. The Morgan fingerprint density at radius 2 is 2.24 bits per heavy atom. The normalized spacial score (nSPS) is 23.1. The molecule has 2 aliphatic heterocycles. The fraction of sp³-hybridized carbons (Fsp3) is 0.556. The number of halogens is 1. The second kappa shape index (κ2) is 9.06. The monoisotopic (exact) mass is 367 g/mol. The van der Waals surface area contributed by atoms with Gasteiger partial charge in [-0.25, -0.2) is 0 Å². The average molecular weight is 368 g/mol. The van der Waals surface area contributed by atoms with Crippen LogP contribution in [0.5, 0.6) is 5.75 Å². The van der Waals surface area contributed by atoms with Gasteiger partial charge in [-0.15, -0.1) is 12.4 Å². The number of benzene rings is 1. The van der Waals surface area contributed by atoms with E-state index in [9.17, 15) is 9.59 Å². The minimum absolute atomic E-state index is 0. The number of carbonyl (C=O) groups is 2. The zero-order valence-corrected chi connectivity index (χ0v) is 15.3. The Kier molecular flexibility index (Phi) is 7.08. The first kappa shape index (κ1) is 19.5. The Morgan fingerprint density at radius 1 is 1.40 bits per heavy atom. The first-order chi connectivity index (χ1) is 11.6. The van der Waals surface area contributed by atoms with Crippen LogP contribution in [0.1, 0.15) is 32.6 Å². The van der Waals surface area contributed by atoms with Crippen LogP contribution in [-0.2, 0) is 9.59 Å². The van der Waals surface area contributed by atoms with E-state index in [1.54, 1.807) is 4.90 Å². The highest BCUT2D eigenvalue weighted by molar-refractivity contribution is 5.95. The van der Waals surface area contributed by atoms with Crippen LogP contribution in [0, 0.1) is 0 Å². The maximum Gasteiger partial charge on any atom is 0.258 e. The zero-order valence-electron chi connectivity index (χ0n) is 14.5. The molecule has 6 nitrogen and oxygen atoms in total. The van der Waals surface area contributed by atoms with Gasteiger partial charge < -0.3 is 20.3 Å². The third kappa shape index (κ3) is 5.09. The van der Waals surface area contributed by atoms with E-state index in [4.69, 9.17) is 4.74 Å². The molecule has 1 aromatic rings. The first-order valence-corrected chi connectivity index (χ1v) is 8.69. The summed E-state index contributed by atoms with van der Waals surface area (Å²) in [6.07, 6.45) is 3.55. The highest BCUT2D eigenvalue weighted by Crippen LogP contribution is 2.25. The van der Waals surface area contributed by atoms with Crippen LogP contribution >= 0.6 is 12.4 Å². The molecule has 2 amide bonds. The largest absolute Gasteiger partial charge is 0.484 e. The van der Waals surface area contributed by atoms with E-state index >= 15 is 0 Å². The second-order valence-corrected chi connectivity index (χ2v) is 6.49. The van der Waals surface area contributed by atoms with Crippen molar-refractivity contribution in [3.05, 3.63) is 24.3 Å². The maximum atomic E-state index is 12.1. The molecule has 2 saturated heterocycles. The summed E-state index contributed by atoms with van der Waals surface area (Å²) in [7, 11) is 0. The number of carbonyl (C=O) groups excluding carboxylic acids is 2. The molecule has 0 spiro atoms. The minimum atomic E-state index is -0.113. The predicted molar refractivity (Wildman–Crippen MR) is 99.4 cm³/mol. The van der Waals surface area contributed by atoms with Crippen molar-refractivity contribution in [1.29, 1.82) is 0 Å². The van der Waals surface area contributed by atoms with E-state index in [2.05, 4.69) is 17.6 Å². The van der Waals surface area contributed by atoms with Gasteiger partial charge in [-0.1, -0.05) is 6.07 Å². The standard InChI is InChI=1S/C18H25N3O3.ClH/c1-13-16(7-3-9-19-13)20-17(22)12-24-15-6-2-5-14(11-15)21-10-4-8-18(21)23;/h2,5-6,11,13,16,19H,3-4,7-10,12H2,1H3,(H,20,22);1H. The summed E-state index contributed by atoms with van der Waals surface area (Å²) >= 11 is 0. The van der Waals surface area contributed by atoms with E-state index in [0.29, 0.717) is 12.2 Å². The molecule has 3 rings (SSSR count). The molecule has 0 aromatic heterocycles. The summed E-state index contributed by atoms with van der Waals surface area (Å²) in [5.74, 6) is 0.638. The van der Waals surface area contributed by atoms with Crippen molar-refractivity contribution >= 4 is 29.9 Å². The maximum absolute atomic E-state index is 12.1. The summed E-state index contributed by atoms with van der Waals surface area (Å²) < 4.78 is 5.61. The highest BCUT2D eigenvalue weighted by atomic mass is 35.5. The van der Waals surface area contributed by atoms with Crippen LogP contribution in [0.2, 0.25) is 0 Å². The molecule has 25 heavy (non-hydrogen) atoms. The predicted octanol–water partition coefficient (Wildman–Crippen LogP) is 1.87. The Morgan fingerprint density at radius 3 is 2.96 bits per heavy atom. The lowest BCUT2D eigenvalue weighted by atomic mass is 10.00. The number of piperidine rings is 1. The van der Waals surface area contributed by atoms with Crippen molar-refractivity contribution in [2.75, 3.05) is 24.6 Å². The fourth-order valence-corrected chi connectivity index (χ4v) is 3.30. The van der Waals surface area contributed by atoms with Gasteiger partial charge >= 0.3 is 0 Å². The lowest BCUT2D eigenvalue weighted by Crippen LogP contribution is -2.52. The number of ether oxygens (including phenoxy) is 1. The van der Waals surface area contributed by atoms with Crippen molar-refractivity contribution in [2.45, 2.75) is 44.7 Å². The number of hydrogen-bond acceptors (Lipinski definition) is 4. The molecule has 138 valence electrons. The van der Waals surface area contributed by atoms with Crippen molar-refractivity contribution in [1.82, 2.24) is 10.6 Å². The summed E-state index contributed by atoms with van der Waals surface area (Å²) in [6.45, 7) is 3.82. The molecule has 2 atom stereocenters. The van der Waals surface area contributed by atoms with Crippen LogP contribution < -0.4 is 20.3 Å². The molecule has 2 unspecified atom stereocenters. The van der Waals surface area contributed by atoms with Gasteiger partial charge in [0.25, 0.3) is 5.91 Å². The number of rotatable bonds is 5. The van der Waals surface area contributed by atoms with Crippen LogP contribution in [-0.4, -0.2) is 43.6 Å². The van der Waals surface area contributed by atoms with Crippen molar-refractivity contribution < 1.29 is 14.3 Å². The van der Waals surface area contributed by atoms with Gasteiger partial charge in [-0.2, -0.15) is 0 Å². The smallest absolute Gasteiger partial charge is 0.258 e. The number of nitrogens with zero attached hydrogens (tertiary/aromatic N) is 1. The third-order valence-electron chi connectivity index (χ3n) is 4.68. The molecule has 7 heteroatoms. The SMILES string of the molecule is CC1NCCCC1NC(=O)COc1cccc(N2CCCC2=O)c1.Cl. The van der Waals surface area contributed by atoms with Gasteiger partial charge in [0.05, 0.1) is 0 Å². The summed E-state index contributed by atoms with van der Waals surface area (Å²) in [5.41, 5.74) is 0.834. The Labute approximate surface area is 154 Å².